The van der Waals surface area contributed by atoms with Crippen LogP contribution in [-0.4, -0.2) is 62.7 Å². The third kappa shape index (κ3) is 20.8. The van der Waals surface area contributed by atoms with Gasteiger partial charge < -0.3 is 14.2 Å². The van der Waals surface area contributed by atoms with Crippen LogP contribution in [0, 0.1) is 16.7 Å². The number of hydrogen-bond acceptors (Lipinski definition) is 4. The number of hydrogen-bond donors (Lipinski definition) is 0. The molecule has 3 aliphatic rings. The van der Waals surface area contributed by atoms with E-state index in [2.05, 4.69) is 67.2 Å². The zero-order chi connectivity index (χ0) is 28.8. The van der Waals surface area contributed by atoms with Crippen molar-refractivity contribution in [3.05, 3.63) is 0 Å². The van der Waals surface area contributed by atoms with Gasteiger partial charge in [0, 0.05) is 38.4 Å². The van der Waals surface area contributed by atoms with Crippen molar-refractivity contribution in [3.63, 3.8) is 0 Å². The van der Waals surface area contributed by atoms with Gasteiger partial charge in [-0.05, 0) is 69.6 Å². The molecular formula is C32H71NO3. The van der Waals surface area contributed by atoms with Gasteiger partial charge in [0.05, 0.1) is 19.3 Å². The fourth-order valence-electron chi connectivity index (χ4n) is 4.08. The maximum atomic E-state index is 5.64. The molecule has 4 nitrogen and oxygen atoms in total. The van der Waals surface area contributed by atoms with Gasteiger partial charge in [-0.3, -0.25) is 4.90 Å². The van der Waals surface area contributed by atoms with E-state index in [1.54, 1.807) is 0 Å². The SMILES string of the molecule is CC.CC.CC.CC(C)(C)C1CCCCO1.CC(C)(C)C1CCCOC1.CC(C)(C)N1CCOCC1. The van der Waals surface area contributed by atoms with Crippen LogP contribution in [0.25, 0.3) is 0 Å². The average molecular weight is 518 g/mol. The average Bonchev–Trinajstić information content (AvgIpc) is 2.89. The fraction of sp³-hybridized carbons (Fsp3) is 1.00. The van der Waals surface area contributed by atoms with Crippen LogP contribution >= 0.6 is 0 Å². The molecule has 0 radical (unpaired) electrons. The Kier molecular flexibility index (Phi) is 25.5. The third-order valence-electron chi connectivity index (χ3n) is 6.49. The van der Waals surface area contributed by atoms with Crippen LogP contribution in [0.15, 0.2) is 0 Å². The Balaban J connectivity index is -0.000000410. The van der Waals surface area contributed by atoms with Crippen LogP contribution in [0.3, 0.4) is 0 Å². The summed E-state index contributed by atoms with van der Waals surface area (Å²) in [4.78, 5) is 2.45. The van der Waals surface area contributed by atoms with Crippen molar-refractivity contribution in [2.45, 2.75) is 148 Å². The second-order valence-corrected chi connectivity index (χ2v) is 12.3. The largest absolute Gasteiger partial charge is 0.381 e. The van der Waals surface area contributed by atoms with Crippen LogP contribution in [0.4, 0.5) is 0 Å². The molecule has 3 rings (SSSR count). The highest BCUT2D eigenvalue weighted by atomic mass is 16.5. The summed E-state index contributed by atoms with van der Waals surface area (Å²) >= 11 is 0. The van der Waals surface area contributed by atoms with Gasteiger partial charge in [-0.1, -0.05) is 83.1 Å². The summed E-state index contributed by atoms with van der Waals surface area (Å²) in [7, 11) is 0. The predicted octanol–water partition coefficient (Wildman–Crippen LogP) is 9.26. The lowest BCUT2D eigenvalue weighted by Crippen LogP contribution is -2.47. The molecule has 36 heavy (non-hydrogen) atoms. The summed E-state index contributed by atoms with van der Waals surface area (Å²) in [6.45, 7) is 39.3. The van der Waals surface area contributed by atoms with E-state index in [9.17, 15) is 0 Å². The molecular weight excluding hydrogens is 446 g/mol. The Bertz CT molecular complexity index is 361. The summed E-state index contributed by atoms with van der Waals surface area (Å²) in [5.41, 5.74) is 1.12. The van der Waals surface area contributed by atoms with Gasteiger partial charge in [0.25, 0.3) is 0 Å². The molecule has 0 amide bonds. The van der Waals surface area contributed by atoms with Crippen LogP contribution in [0.1, 0.15) is 136 Å². The van der Waals surface area contributed by atoms with E-state index in [0.717, 1.165) is 52.0 Å². The Morgan fingerprint density at radius 3 is 1.33 bits per heavy atom. The molecule has 3 aliphatic heterocycles. The maximum absolute atomic E-state index is 5.64. The molecule has 0 aromatic carbocycles. The number of nitrogens with zero attached hydrogens (tertiary/aromatic N) is 1. The van der Waals surface area contributed by atoms with Gasteiger partial charge in [-0.15, -0.1) is 0 Å². The Morgan fingerprint density at radius 2 is 1.08 bits per heavy atom. The lowest BCUT2D eigenvalue weighted by Gasteiger charge is -2.38. The van der Waals surface area contributed by atoms with E-state index in [0.29, 0.717) is 22.5 Å². The lowest BCUT2D eigenvalue weighted by molar-refractivity contribution is -0.0474. The van der Waals surface area contributed by atoms with Gasteiger partial charge in [-0.2, -0.15) is 0 Å². The minimum atomic E-state index is 0.323. The molecule has 0 bridgehead atoms. The molecule has 0 aromatic heterocycles. The van der Waals surface area contributed by atoms with Crippen molar-refractivity contribution >= 4 is 0 Å². The van der Waals surface area contributed by atoms with E-state index in [-0.39, 0.29) is 0 Å². The van der Waals surface area contributed by atoms with E-state index < -0.39 is 0 Å². The van der Waals surface area contributed by atoms with Gasteiger partial charge in [0.1, 0.15) is 0 Å². The molecule has 0 saturated carbocycles. The van der Waals surface area contributed by atoms with Crippen molar-refractivity contribution in [2.24, 2.45) is 16.7 Å². The zero-order valence-corrected chi connectivity index (χ0v) is 27.8. The quantitative estimate of drug-likeness (QED) is 0.320. The van der Waals surface area contributed by atoms with Crippen molar-refractivity contribution in [1.82, 2.24) is 4.90 Å². The standard InChI is InChI=1S/2C9H18O.C8H17NO.3C2H6/c1-9(2,3)8-5-4-6-10-7-8;1-9(2,3)8-6-4-5-7-10-8;1-8(2,3)9-4-6-10-7-5-9;3*1-2/h2*8H,4-7H2,1-3H3;4-7H2,1-3H3;3*1-2H3. The predicted molar refractivity (Wildman–Crippen MR) is 162 cm³/mol. The number of morpholine rings is 1. The molecule has 0 aromatic rings. The summed E-state index contributed by atoms with van der Waals surface area (Å²) < 4.78 is 16.3. The highest BCUT2D eigenvalue weighted by molar-refractivity contribution is 4.78. The topological polar surface area (TPSA) is 30.9 Å². The molecule has 2 atom stereocenters. The minimum absolute atomic E-state index is 0.323. The highest BCUT2D eigenvalue weighted by Gasteiger charge is 2.27. The molecule has 222 valence electrons. The lowest BCUT2D eigenvalue weighted by atomic mass is 9.78. The molecule has 3 fully saturated rings. The van der Waals surface area contributed by atoms with Gasteiger partial charge in [-0.25, -0.2) is 0 Å². The third-order valence-corrected chi connectivity index (χ3v) is 6.49. The zero-order valence-electron chi connectivity index (χ0n) is 27.8. The molecule has 3 saturated heterocycles. The molecule has 2 unspecified atom stereocenters. The monoisotopic (exact) mass is 518 g/mol. The van der Waals surface area contributed by atoms with Crippen LogP contribution in [-0.2, 0) is 14.2 Å². The Hall–Kier alpha value is -0.160. The van der Waals surface area contributed by atoms with Crippen LogP contribution in [0.2, 0.25) is 0 Å². The van der Waals surface area contributed by atoms with E-state index >= 15 is 0 Å². The first-order chi connectivity index (χ1) is 16.8. The molecule has 3 heterocycles. The van der Waals surface area contributed by atoms with Crippen LogP contribution < -0.4 is 0 Å². The fourth-order valence-corrected chi connectivity index (χ4v) is 4.08. The van der Waals surface area contributed by atoms with Gasteiger partial charge >= 0.3 is 0 Å². The molecule has 0 N–H and O–H groups in total. The minimum Gasteiger partial charge on any atom is -0.381 e. The highest BCUT2D eigenvalue weighted by Crippen LogP contribution is 2.32. The van der Waals surface area contributed by atoms with Crippen molar-refractivity contribution in [2.75, 3.05) is 46.1 Å². The first kappa shape index (κ1) is 40.3. The molecule has 0 aliphatic carbocycles. The van der Waals surface area contributed by atoms with Crippen molar-refractivity contribution in [1.29, 1.82) is 0 Å². The van der Waals surface area contributed by atoms with Crippen molar-refractivity contribution < 1.29 is 14.2 Å². The van der Waals surface area contributed by atoms with E-state index in [1.807, 2.05) is 41.5 Å². The normalized spacial score (nSPS) is 22.8. The van der Waals surface area contributed by atoms with E-state index in [1.165, 1.54) is 32.1 Å². The van der Waals surface area contributed by atoms with Crippen LogP contribution in [0.5, 0.6) is 0 Å². The van der Waals surface area contributed by atoms with Crippen molar-refractivity contribution in [3.8, 4) is 0 Å². The summed E-state index contributed by atoms with van der Waals surface area (Å²) in [6, 6.07) is 0. The summed E-state index contributed by atoms with van der Waals surface area (Å²) in [5.74, 6) is 0.779. The first-order valence-electron chi connectivity index (χ1n) is 15.3. The van der Waals surface area contributed by atoms with Gasteiger partial charge in [0.15, 0.2) is 0 Å². The number of rotatable bonds is 0. The maximum Gasteiger partial charge on any atom is 0.0623 e. The summed E-state index contributed by atoms with van der Waals surface area (Å²) in [6.07, 6.45) is 6.96. The second kappa shape index (κ2) is 22.8. The van der Waals surface area contributed by atoms with Gasteiger partial charge in [0.2, 0.25) is 0 Å². The molecule has 0 spiro atoms. The Morgan fingerprint density at radius 1 is 0.556 bits per heavy atom. The first-order valence-corrected chi connectivity index (χ1v) is 15.3. The Labute approximate surface area is 229 Å². The van der Waals surface area contributed by atoms with E-state index in [4.69, 9.17) is 14.2 Å². The second-order valence-electron chi connectivity index (χ2n) is 12.3. The number of ether oxygens (including phenoxy) is 3. The summed E-state index contributed by atoms with van der Waals surface area (Å²) in [5, 5.41) is 0. The smallest absolute Gasteiger partial charge is 0.0623 e. The molecule has 4 heteroatoms.